The molecule has 1 saturated carbocycles. The number of hydrogen-bond acceptors (Lipinski definition) is 5. The Hall–Kier alpha value is -3.27. The third-order valence-electron chi connectivity index (χ3n) is 5.62. The van der Waals surface area contributed by atoms with Gasteiger partial charge < -0.3 is 24.6 Å². The summed E-state index contributed by atoms with van der Waals surface area (Å²) >= 11 is 0. The maximum absolute atomic E-state index is 13.8. The first kappa shape index (κ1) is 17.8. The number of nitrogens with one attached hydrogen (secondary N) is 1. The Kier molecular flexibility index (Phi) is 3.60. The van der Waals surface area contributed by atoms with Crippen LogP contribution in [-0.2, 0) is 11.3 Å². The van der Waals surface area contributed by atoms with Gasteiger partial charge in [0.1, 0.15) is 17.2 Å². The molecule has 29 heavy (non-hydrogen) atoms. The molecule has 0 unspecified atom stereocenters. The van der Waals surface area contributed by atoms with Crippen molar-refractivity contribution < 1.29 is 28.2 Å². The van der Waals surface area contributed by atoms with E-state index in [4.69, 9.17) is 4.74 Å². The average Bonchev–Trinajstić information content (AvgIpc) is 3.35. The van der Waals surface area contributed by atoms with Crippen molar-refractivity contribution in [3.05, 3.63) is 57.5 Å². The van der Waals surface area contributed by atoms with Crippen LogP contribution in [0.2, 0.25) is 0 Å². The van der Waals surface area contributed by atoms with Gasteiger partial charge in [-0.2, -0.15) is 0 Å². The van der Waals surface area contributed by atoms with Crippen molar-refractivity contribution in [1.82, 2.24) is 9.47 Å². The summed E-state index contributed by atoms with van der Waals surface area (Å²) in [4.78, 5) is 39.5. The zero-order valence-electron chi connectivity index (χ0n) is 14.9. The molecule has 1 aromatic heterocycles. The molecular formula is C19H15F2N3O5. The molecule has 2 N–H and O–H groups in total. The molecular weight excluding hydrogens is 388 g/mol. The largest absolute Gasteiger partial charge is 0.503 e. The molecule has 2 amide bonds. The van der Waals surface area contributed by atoms with Crippen LogP contribution in [0.4, 0.5) is 14.5 Å². The van der Waals surface area contributed by atoms with E-state index in [1.165, 1.54) is 4.57 Å². The minimum atomic E-state index is -1.05. The maximum atomic E-state index is 13.8. The van der Waals surface area contributed by atoms with Crippen molar-refractivity contribution in [2.75, 3.05) is 11.9 Å². The Labute approximate surface area is 162 Å². The normalized spacial score (nSPS) is 21.1. The Morgan fingerprint density at radius 3 is 2.72 bits per heavy atom. The van der Waals surface area contributed by atoms with Crippen molar-refractivity contribution in [2.45, 2.75) is 31.2 Å². The molecule has 1 atom stereocenters. The van der Waals surface area contributed by atoms with Gasteiger partial charge in [-0.05, 0) is 25.0 Å². The Morgan fingerprint density at radius 2 is 2.03 bits per heavy atom. The van der Waals surface area contributed by atoms with E-state index < -0.39 is 46.4 Å². The quantitative estimate of drug-likeness (QED) is 0.790. The van der Waals surface area contributed by atoms with Gasteiger partial charge in [0.05, 0.1) is 24.4 Å². The van der Waals surface area contributed by atoms with Gasteiger partial charge in [-0.3, -0.25) is 14.4 Å². The molecule has 2 fully saturated rings. The lowest BCUT2D eigenvalue weighted by Gasteiger charge is -2.34. The molecule has 150 valence electrons. The highest BCUT2D eigenvalue weighted by Crippen LogP contribution is 2.49. The Morgan fingerprint density at radius 1 is 1.28 bits per heavy atom. The fourth-order valence-electron chi connectivity index (χ4n) is 3.95. The molecule has 0 bridgehead atoms. The van der Waals surface area contributed by atoms with Gasteiger partial charge in [-0.1, -0.05) is 0 Å². The molecule has 1 spiro atoms. The average molecular weight is 403 g/mol. The predicted octanol–water partition coefficient (Wildman–Crippen LogP) is 1.43. The molecule has 3 heterocycles. The molecule has 1 aliphatic carbocycles. The topological polar surface area (TPSA) is 101 Å². The van der Waals surface area contributed by atoms with Crippen molar-refractivity contribution in [3.8, 4) is 5.75 Å². The summed E-state index contributed by atoms with van der Waals surface area (Å²) in [7, 11) is 0. The summed E-state index contributed by atoms with van der Waals surface area (Å²) in [5.74, 6) is -4.20. The summed E-state index contributed by atoms with van der Waals surface area (Å²) in [6, 6.07) is 2.56. The van der Waals surface area contributed by atoms with Crippen LogP contribution in [0.5, 0.6) is 5.75 Å². The second-order valence-corrected chi connectivity index (χ2v) is 7.46. The van der Waals surface area contributed by atoms with Crippen molar-refractivity contribution in [1.29, 1.82) is 0 Å². The van der Waals surface area contributed by atoms with Gasteiger partial charge in [0.25, 0.3) is 11.8 Å². The van der Waals surface area contributed by atoms with Gasteiger partial charge in [-0.25, -0.2) is 8.78 Å². The lowest BCUT2D eigenvalue weighted by Crippen LogP contribution is -2.50. The molecule has 8 nitrogen and oxygen atoms in total. The number of benzene rings is 1. The van der Waals surface area contributed by atoms with E-state index in [0.29, 0.717) is 12.7 Å². The number of rotatable bonds is 2. The van der Waals surface area contributed by atoms with Crippen molar-refractivity contribution in [3.63, 3.8) is 0 Å². The smallest absolute Gasteiger partial charge is 0.277 e. The number of hydrogen-bond donors (Lipinski definition) is 2. The number of aromatic nitrogens is 1. The lowest BCUT2D eigenvalue weighted by atomic mass is 10.1. The SMILES string of the molecule is O=C(Nc1ccc(F)cc1F)c1cn2c(c(O)c1=O)C(=O)N1[C@H](C2)OCC12CC2. The minimum Gasteiger partial charge on any atom is -0.503 e. The summed E-state index contributed by atoms with van der Waals surface area (Å²) in [6.07, 6.45) is 2.18. The predicted molar refractivity (Wildman–Crippen MR) is 94.6 cm³/mol. The molecule has 5 rings (SSSR count). The van der Waals surface area contributed by atoms with E-state index in [2.05, 4.69) is 5.32 Å². The molecule has 10 heteroatoms. The number of carbonyl (C=O) groups excluding carboxylic acids is 2. The zero-order chi connectivity index (χ0) is 20.5. The van der Waals surface area contributed by atoms with Gasteiger partial charge >= 0.3 is 0 Å². The molecule has 2 aliphatic heterocycles. The number of carbonyl (C=O) groups is 2. The van der Waals surface area contributed by atoms with Crippen LogP contribution in [0.1, 0.15) is 33.7 Å². The third-order valence-corrected chi connectivity index (χ3v) is 5.62. The standard InChI is InChI=1S/C19H15F2N3O5/c20-9-1-2-12(11(21)5-9)22-17(27)10-6-23-7-13-24(19(3-4-19)8-29-13)18(28)14(23)16(26)15(10)25/h1-2,5-6,13,26H,3-4,7-8H2,(H,22,27)/t13-/m0/s1. The lowest BCUT2D eigenvalue weighted by molar-refractivity contribution is 0.00482. The zero-order valence-corrected chi connectivity index (χ0v) is 14.9. The van der Waals surface area contributed by atoms with Crippen LogP contribution in [0.3, 0.4) is 0 Å². The van der Waals surface area contributed by atoms with Crippen LogP contribution in [-0.4, -0.2) is 44.8 Å². The number of aromatic hydroxyl groups is 1. The van der Waals surface area contributed by atoms with E-state index in [9.17, 15) is 28.3 Å². The molecule has 1 aromatic carbocycles. The Bertz CT molecular complexity index is 1140. The number of fused-ring (bicyclic) bond motifs is 3. The minimum absolute atomic E-state index is 0.141. The molecule has 3 aliphatic rings. The van der Waals surface area contributed by atoms with Gasteiger partial charge in [0.2, 0.25) is 5.43 Å². The van der Waals surface area contributed by atoms with E-state index >= 15 is 0 Å². The van der Waals surface area contributed by atoms with Crippen LogP contribution < -0.4 is 10.7 Å². The molecule has 1 saturated heterocycles. The number of amides is 2. The van der Waals surface area contributed by atoms with E-state index in [-0.39, 0.29) is 23.5 Å². The van der Waals surface area contributed by atoms with Gasteiger partial charge in [0, 0.05) is 12.3 Å². The summed E-state index contributed by atoms with van der Waals surface area (Å²) in [5.41, 5.74) is -2.42. The number of ether oxygens (including phenoxy) is 1. The second-order valence-electron chi connectivity index (χ2n) is 7.46. The molecule has 0 radical (unpaired) electrons. The highest BCUT2D eigenvalue weighted by molar-refractivity contribution is 6.05. The summed E-state index contributed by atoms with van der Waals surface area (Å²) < 4.78 is 33.8. The highest BCUT2D eigenvalue weighted by atomic mass is 19.1. The van der Waals surface area contributed by atoms with Crippen LogP contribution in [0, 0.1) is 11.6 Å². The Balaban J connectivity index is 1.52. The first-order chi connectivity index (χ1) is 13.8. The van der Waals surface area contributed by atoms with Crippen LogP contribution in [0.25, 0.3) is 0 Å². The van der Waals surface area contributed by atoms with E-state index in [0.717, 1.165) is 31.2 Å². The fourth-order valence-corrected chi connectivity index (χ4v) is 3.95. The summed E-state index contributed by atoms with van der Waals surface area (Å²) in [5, 5.41) is 12.6. The number of halogens is 2. The number of anilines is 1. The maximum Gasteiger partial charge on any atom is 0.277 e. The van der Waals surface area contributed by atoms with Gasteiger partial charge in [-0.15, -0.1) is 0 Å². The fraction of sp³-hybridized carbons (Fsp3) is 0.316. The second kappa shape index (κ2) is 5.86. The highest BCUT2D eigenvalue weighted by Gasteiger charge is 2.60. The number of pyridine rings is 1. The molecule has 2 aromatic rings. The monoisotopic (exact) mass is 403 g/mol. The van der Waals surface area contributed by atoms with Crippen LogP contribution >= 0.6 is 0 Å². The first-order valence-electron chi connectivity index (χ1n) is 8.99. The third kappa shape index (κ3) is 2.55. The first-order valence-corrected chi connectivity index (χ1v) is 8.99. The summed E-state index contributed by atoms with van der Waals surface area (Å²) in [6.45, 7) is 0.530. The van der Waals surface area contributed by atoms with Gasteiger partial charge in [0.15, 0.2) is 17.7 Å². The van der Waals surface area contributed by atoms with E-state index in [1.54, 1.807) is 4.90 Å². The van der Waals surface area contributed by atoms with E-state index in [1.807, 2.05) is 0 Å². The van der Waals surface area contributed by atoms with Crippen LogP contribution in [0.15, 0.2) is 29.2 Å². The number of nitrogens with zero attached hydrogens (tertiary/aromatic N) is 2. The van der Waals surface area contributed by atoms with Crippen molar-refractivity contribution >= 4 is 17.5 Å². The van der Waals surface area contributed by atoms with Crippen molar-refractivity contribution in [2.24, 2.45) is 0 Å².